The quantitative estimate of drug-likeness (QED) is 0.191. The summed E-state index contributed by atoms with van der Waals surface area (Å²) in [7, 11) is 4.81. The van der Waals surface area contributed by atoms with Gasteiger partial charge in [-0.1, -0.05) is 75.0 Å². The molecule has 4 rings (SSSR count). The summed E-state index contributed by atoms with van der Waals surface area (Å²) in [5.74, 6) is 1.26. The molecule has 0 aromatic heterocycles. The first kappa shape index (κ1) is 37.3. The standard InChI is InChI=1S/C25H30N2O4.C9H16N2O2.ClH/c1-3-16-30-24(28)23(14-8-9-15-26)27(2)25(29)31-17-22-20-12-6-4-10-18(20)19-11-5-7-13-21(19)22;1-6(2)8-9(13-4)10-5-7(11-8)12-3;/h3-7,10-13,22-23H,1,8-9,14-17,26H2,2H3;6,8H,5H2,1-4H3;1H/t;8-;/m.1./s1. The molecule has 2 N–H and O–H groups in total. The average Bonchev–Trinajstić information content (AvgIpc) is 3.37. The highest BCUT2D eigenvalue weighted by molar-refractivity contribution is 5.92. The van der Waals surface area contributed by atoms with E-state index in [0.717, 1.165) is 17.5 Å². The Kier molecular flexibility index (Phi) is 15.6. The van der Waals surface area contributed by atoms with Crippen LogP contribution in [-0.4, -0.2) is 88.4 Å². The normalized spacial score (nSPS) is 15.5. The van der Waals surface area contributed by atoms with E-state index in [4.69, 9.17) is 24.7 Å². The summed E-state index contributed by atoms with van der Waals surface area (Å²) in [5.41, 5.74) is 10.2. The minimum Gasteiger partial charge on any atom is -0.483 e. The van der Waals surface area contributed by atoms with E-state index in [-0.39, 0.29) is 37.6 Å². The summed E-state index contributed by atoms with van der Waals surface area (Å²) >= 11 is 0. The Morgan fingerprint density at radius 2 is 1.64 bits per heavy atom. The molecule has 2 aliphatic rings. The third-order valence-corrected chi connectivity index (χ3v) is 7.62. The van der Waals surface area contributed by atoms with Gasteiger partial charge in [0.15, 0.2) is 0 Å². The van der Waals surface area contributed by atoms with Crippen molar-refractivity contribution in [3.63, 3.8) is 0 Å². The van der Waals surface area contributed by atoms with Gasteiger partial charge in [-0.15, -0.1) is 12.4 Å². The van der Waals surface area contributed by atoms with Crippen molar-refractivity contribution < 1.29 is 28.5 Å². The molecular weight excluding hydrogens is 596 g/mol. The topological polar surface area (TPSA) is 125 Å². The molecule has 246 valence electrons. The number of hydrogen-bond acceptors (Lipinski definition) is 9. The summed E-state index contributed by atoms with van der Waals surface area (Å²) in [6.45, 7) is 9.05. The van der Waals surface area contributed by atoms with Crippen LogP contribution in [0, 0.1) is 5.92 Å². The van der Waals surface area contributed by atoms with Gasteiger partial charge >= 0.3 is 12.1 Å². The number of nitrogens with two attached hydrogens (primary N) is 1. The Bertz CT molecular complexity index is 1290. The minimum absolute atomic E-state index is 0. The number of carbonyl (C=O) groups is 2. The number of fused-ring (bicyclic) bond motifs is 3. The molecule has 10 nitrogen and oxygen atoms in total. The number of benzene rings is 2. The molecule has 0 saturated carbocycles. The zero-order valence-electron chi connectivity index (χ0n) is 26.9. The number of rotatable bonds is 11. The summed E-state index contributed by atoms with van der Waals surface area (Å²) < 4.78 is 21.1. The maximum Gasteiger partial charge on any atom is 0.410 e. The van der Waals surface area contributed by atoms with Crippen molar-refractivity contribution in [3.8, 4) is 11.1 Å². The predicted octanol–water partition coefficient (Wildman–Crippen LogP) is 5.63. The van der Waals surface area contributed by atoms with Crippen molar-refractivity contribution in [2.45, 2.75) is 51.1 Å². The number of esters is 1. The van der Waals surface area contributed by atoms with Gasteiger partial charge in [0.05, 0.1) is 14.2 Å². The Labute approximate surface area is 273 Å². The molecule has 45 heavy (non-hydrogen) atoms. The Balaban J connectivity index is 0.000000424. The number of hydrogen-bond donors (Lipinski definition) is 1. The Morgan fingerprint density at radius 1 is 1.02 bits per heavy atom. The molecule has 0 spiro atoms. The summed E-state index contributed by atoms with van der Waals surface area (Å²) in [4.78, 5) is 35.3. The number of carbonyl (C=O) groups excluding carboxylic acids is 2. The highest BCUT2D eigenvalue weighted by Gasteiger charge is 2.32. The summed E-state index contributed by atoms with van der Waals surface area (Å²) in [6.07, 6.45) is 2.90. The van der Waals surface area contributed by atoms with Gasteiger partial charge in [0.1, 0.15) is 31.8 Å². The van der Waals surface area contributed by atoms with Crippen molar-refractivity contribution in [3.05, 3.63) is 72.3 Å². The van der Waals surface area contributed by atoms with Crippen LogP contribution in [0.1, 0.15) is 50.2 Å². The van der Waals surface area contributed by atoms with E-state index >= 15 is 0 Å². The molecule has 0 radical (unpaired) electrons. The fourth-order valence-corrected chi connectivity index (χ4v) is 5.24. The molecule has 1 amide bonds. The van der Waals surface area contributed by atoms with E-state index in [9.17, 15) is 9.59 Å². The van der Waals surface area contributed by atoms with Gasteiger partial charge in [-0.05, 0) is 54.0 Å². The molecule has 2 atom stereocenters. The Hall–Kier alpha value is -3.89. The van der Waals surface area contributed by atoms with Gasteiger partial charge < -0.3 is 24.7 Å². The van der Waals surface area contributed by atoms with E-state index in [1.807, 2.05) is 24.3 Å². The first-order valence-corrected chi connectivity index (χ1v) is 15.0. The van der Waals surface area contributed by atoms with Crippen molar-refractivity contribution in [1.82, 2.24) is 4.90 Å². The second-order valence-corrected chi connectivity index (χ2v) is 10.9. The first-order chi connectivity index (χ1) is 21.3. The largest absolute Gasteiger partial charge is 0.483 e. The second-order valence-electron chi connectivity index (χ2n) is 10.9. The van der Waals surface area contributed by atoms with Crippen LogP contribution in [0.4, 0.5) is 4.79 Å². The monoisotopic (exact) mass is 642 g/mol. The van der Waals surface area contributed by atoms with Gasteiger partial charge in [-0.3, -0.25) is 4.90 Å². The van der Waals surface area contributed by atoms with Crippen LogP contribution < -0.4 is 5.73 Å². The first-order valence-electron chi connectivity index (χ1n) is 15.0. The van der Waals surface area contributed by atoms with Crippen LogP contribution in [0.3, 0.4) is 0 Å². The maximum absolute atomic E-state index is 12.8. The number of likely N-dealkylation sites (N-methyl/N-ethyl adjacent to an activating group) is 1. The molecular formula is C34H47ClN4O6. The van der Waals surface area contributed by atoms with Crippen molar-refractivity contribution in [1.29, 1.82) is 0 Å². The summed E-state index contributed by atoms with van der Waals surface area (Å²) in [6, 6.07) is 15.6. The molecule has 0 bridgehead atoms. The smallest absolute Gasteiger partial charge is 0.410 e. The lowest BCUT2D eigenvalue weighted by molar-refractivity contribution is -0.148. The fraction of sp³-hybridized carbons (Fsp3) is 0.471. The fourth-order valence-electron chi connectivity index (χ4n) is 5.24. The zero-order chi connectivity index (χ0) is 32.1. The van der Waals surface area contributed by atoms with Crippen molar-refractivity contribution in [2.24, 2.45) is 21.6 Å². The van der Waals surface area contributed by atoms with Gasteiger partial charge in [-0.2, -0.15) is 0 Å². The lowest BCUT2D eigenvalue weighted by atomic mass is 9.98. The predicted molar refractivity (Wildman–Crippen MR) is 180 cm³/mol. The third kappa shape index (κ3) is 9.80. The van der Waals surface area contributed by atoms with Gasteiger partial charge in [0.2, 0.25) is 11.8 Å². The van der Waals surface area contributed by atoms with Crippen LogP contribution in [0.15, 0.2) is 71.2 Å². The zero-order valence-corrected chi connectivity index (χ0v) is 27.8. The molecule has 0 fully saturated rings. The van der Waals surface area contributed by atoms with Crippen molar-refractivity contribution in [2.75, 3.05) is 47.6 Å². The number of nitrogens with zero attached hydrogens (tertiary/aromatic N) is 3. The number of unbranched alkanes of at least 4 members (excludes halogenated alkanes) is 1. The SMILES string of the molecule is C=CCOC(=O)C(CCCCN)N(C)C(=O)OCC1c2ccccc2-c2ccccc21.COC1=N[C@H](C(C)C)C(OC)=NC1.Cl. The lowest BCUT2D eigenvalue weighted by Gasteiger charge is -2.26. The third-order valence-electron chi connectivity index (χ3n) is 7.62. The van der Waals surface area contributed by atoms with Crippen molar-refractivity contribution >= 4 is 36.3 Å². The molecule has 11 heteroatoms. The van der Waals surface area contributed by atoms with E-state index in [0.29, 0.717) is 43.6 Å². The second kappa shape index (κ2) is 18.8. The highest BCUT2D eigenvalue weighted by atomic mass is 35.5. The van der Waals surface area contributed by atoms with Crippen LogP contribution in [0.5, 0.6) is 0 Å². The number of halogens is 1. The van der Waals surface area contributed by atoms with E-state index < -0.39 is 18.1 Å². The van der Waals surface area contributed by atoms with Crippen LogP contribution >= 0.6 is 12.4 Å². The van der Waals surface area contributed by atoms with Gasteiger partial charge in [-0.25, -0.2) is 19.6 Å². The number of amides is 1. The molecule has 1 aliphatic heterocycles. The average molecular weight is 643 g/mol. The molecule has 0 saturated heterocycles. The minimum atomic E-state index is -0.720. The lowest BCUT2D eigenvalue weighted by Crippen LogP contribution is -2.44. The number of methoxy groups -OCH3 is 2. The van der Waals surface area contributed by atoms with Gasteiger partial charge in [0, 0.05) is 13.0 Å². The number of ether oxygens (including phenoxy) is 4. The molecule has 2 aromatic rings. The number of aliphatic imine (C=N–C) groups is 2. The van der Waals surface area contributed by atoms with Crippen LogP contribution in [-0.2, 0) is 23.7 Å². The summed E-state index contributed by atoms with van der Waals surface area (Å²) in [5, 5.41) is 0. The van der Waals surface area contributed by atoms with Crippen LogP contribution in [0.25, 0.3) is 11.1 Å². The molecule has 2 aromatic carbocycles. The van der Waals surface area contributed by atoms with Gasteiger partial charge in [0.25, 0.3) is 0 Å². The molecule has 1 heterocycles. The molecule has 1 aliphatic carbocycles. The molecule has 1 unspecified atom stereocenters. The van der Waals surface area contributed by atoms with E-state index in [1.54, 1.807) is 21.3 Å². The maximum atomic E-state index is 12.8. The van der Waals surface area contributed by atoms with E-state index in [2.05, 4.69) is 54.7 Å². The van der Waals surface area contributed by atoms with E-state index in [1.165, 1.54) is 22.1 Å². The highest BCUT2D eigenvalue weighted by Crippen LogP contribution is 2.44. The Morgan fingerprint density at radius 3 is 2.18 bits per heavy atom. The van der Waals surface area contributed by atoms with Crippen LogP contribution in [0.2, 0.25) is 0 Å².